The zero-order valence-corrected chi connectivity index (χ0v) is 15.3. The Hall–Kier alpha value is -1.49. The lowest BCUT2D eigenvalue weighted by Gasteiger charge is -2.32. The monoisotopic (exact) mass is 346 g/mol. The number of amides is 2. The molecule has 2 amide bonds. The Balaban J connectivity index is 1.55. The molecule has 1 aromatic rings. The van der Waals surface area contributed by atoms with E-state index in [1.165, 1.54) is 4.90 Å². The van der Waals surface area contributed by atoms with E-state index < -0.39 is 0 Å². The summed E-state index contributed by atoms with van der Waals surface area (Å²) < 4.78 is 0. The number of likely N-dealkylation sites (tertiary alicyclic amines) is 1. The van der Waals surface area contributed by atoms with Gasteiger partial charge in [0.1, 0.15) is 0 Å². The minimum absolute atomic E-state index is 0.0112. The van der Waals surface area contributed by atoms with Gasteiger partial charge in [0.25, 0.3) is 0 Å². The Morgan fingerprint density at radius 3 is 2.50 bits per heavy atom. The molecule has 3 rings (SSSR count). The number of benzene rings is 1. The Morgan fingerprint density at radius 2 is 1.88 bits per heavy atom. The summed E-state index contributed by atoms with van der Waals surface area (Å²) in [6.45, 7) is 3.41. The summed E-state index contributed by atoms with van der Waals surface area (Å²) in [5.41, 5.74) is 1.11. The smallest absolute Gasteiger partial charge is 0.225 e. The Labute approximate surface area is 148 Å². The number of nitrogens with one attached hydrogen (secondary N) is 1. The molecule has 0 unspecified atom stereocenters. The van der Waals surface area contributed by atoms with Crippen LogP contribution in [0.3, 0.4) is 0 Å². The number of carbonyl (C=O) groups is 2. The van der Waals surface area contributed by atoms with Gasteiger partial charge in [-0.25, -0.2) is 0 Å². The number of carbonyl (C=O) groups excluding carboxylic acids is 2. The highest BCUT2D eigenvalue weighted by Crippen LogP contribution is 2.32. The standard InChI is InChI=1S/C19H26N2O2S/c1-13(14-7-9-17(24-2)10-8-14)20-18(22)16-4-3-11-21(12-16)19(23)15-5-6-15/h7-10,13,15-16H,3-6,11-12H2,1-2H3,(H,20,22)/t13-,16-/m0/s1. The van der Waals surface area contributed by atoms with E-state index in [9.17, 15) is 9.59 Å². The van der Waals surface area contributed by atoms with Crippen LogP contribution in [0.5, 0.6) is 0 Å². The zero-order chi connectivity index (χ0) is 17.1. The van der Waals surface area contributed by atoms with E-state index in [0.717, 1.165) is 37.8 Å². The van der Waals surface area contributed by atoms with Crippen molar-refractivity contribution in [2.24, 2.45) is 11.8 Å². The van der Waals surface area contributed by atoms with Crippen molar-refractivity contribution in [1.82, 2.24) is 10.2 Å². The molecule has 1 aliphatic carbocycles. The first-order valence-electron chi connectivity index (χ1n) is 8.81. The van der Waals surface area contributed by atoms with Gasteiger partial charge in [-0.15, -0.1) is 11.8 Å². The molecular formula is C19H26N2O2S. The third-order valence-corrected chi connectivity index (χ3v) is 5.75. The van der Waals surface area contributed by atoms with E-state index in [2.05, 4.69) is 35.8 Å². The first-order valence-corrected chi connectivity index (χ1v) is 10.0. The van der Waals surface area contributed by atoms with Crippen LogP contribution >= 0.6 is 11.8 Å². The maximum atomic E-state index is 12.6. The molecule has 1 aromatic carbocycles. The Kier molecular flexibility index (Phi) is 5.49. The van der Waals surface area contributed by atoms with Crippen LogP contribution in [-0.4, -0.2) is 36.1 Å². The fourth-order valence-corrected chi connectivity index (χ4v) is 3.70. The van der Waals surface area contributed by atoms with E-state index in [1.807, 2.05) is 11.8 Å². The van der Waals surface area contributed by atoms with Crippen LogP contribution in [0.15, 0.2) is 29.2 Å². The van der Waals surface area contributed by atoms with E-state index in [1.54, 1.807) is 11.8 Å². The van der Waals surface area contributed by atoms with Crippen molar-refractivity contribution < 1.29 is 9.59 Å². The lowest BCUT2D eigenvalue weighted by molar-refractivity contribution is -0.137. The molecule has 4 nitrogen and oxygen atoms in total. The number of nitrogens with zero attached hydrogens (tertiary/aromatic N) is 1. The largest absolute Gasteiger partial charge is 0.349 e. The van der Waals surface area contributed by atoms with Gasteiger partial charge < -0.3 is 10.2 Å². The average Bonchev–Trinajstić information content (AvgIpc) is 3.46. The highest BCUT2D eigenvalue weighted by atomic mass is 32.2. The zero-order valence-electron chi connectivity index (χ0n) is 14.5. The van der Waals surface area contributed by atoms with E-state index >= 15 is 0 Å². The molecule has 0 bridgehead atoms. The van der Waals surface area contributed by atoms with Crippen LogP contribution in [-0.2, 0) is 9.59 Å². The number of hydrogen-bond donors (Lipinski definition) is 1. The van der Waals surface area contributed by atoms with Gasteiger partial charge in [-0.3, -0.25) is 9.59 Å². The molecule has 1 aliphatic heterocycles. The molecule has 24 heavy (non-hydrogen) atoms. The second kappa shape index (κ2) is 7.60. The second-order valence-electron chi connectivity index (χ2n) is 6.90. The highest BCUT2D eigenvalue weighted by Gasteiger charge is 2.36. The van der Waals surface area contributed by atoms with Crippen molar-refractivity contribution in [3.63, 3.8) is 0 Å². The number of thioether (sulfide) groups is 1. The Bertz CT molecular complexity index is 598. The first kappa shape index (κ1) is 17.3. The maximum absolute atomic E-state index is 12.6. The number of hydrogen-bond acceptors (Lipinski definition) is 3. The van der Waals surface area contributed by atoms with Gasteiger partial charge in [-0.1, -0.05) is 12.1 Å². The van der Waals surface area contributed by atoms with Gasteiger partial charge >= 0.3 is 0 Å². The van der Waals surface area contributed by atoms with Crippen LogP contribution in [0.4, 0.5) is 0 Å². The maximum Gasteiger partial charge on any atom is 0.225 e. The van der Waals surface area contributed by atoms with Crippen LogP contribution < -0.4 is 5.32 Å². The van der Waals surface area contributed by atoms with Gasteiger partial charge in [-0.2, -0.15) is 0 Å². The molecule has 2 fully saturated rings. The molecule has 5 heteroatoms. The topological polar surface area (TPSA) is 49.4 Å². The third kappa shape index (κ3) is 4.12. The van der Waals surface area contributed by atoms with E-state index in [4.69, 9.17) is 0 Å². The second-order valence-corrected chi connectivity index (χ2v) is 7.78. The molecule has 1 saturated heterocycles. The summed E-state index contributed by atoms with van der Waals surface area (Å²) in [4.78, 5) is 28.0. The van der Waals surface area contributed by atoms with Crippen molar-refractivity contribution in [2.45, 2.75) is 43.5 Å². The van der Waals surface area contributed by atoms with Crippen molar-refractivity contribution >= 4 is 23.6 Å². The van der Waals surface area contributed by atoms with E-state index in [0.29, 0.717) is 6.54 Å². The molecule has 1 heterocycles. The summed E-state index contributed by atoms with van der Waals surface area (Å²) in [5.74, 6) is 0.494. The van der Waals surface area contributed by atoms with Gasteiger partial charge in [0, 0.05) is 23.9 Å². The van der Waals surface area contributed by atoms with Crippen molar-refractivity contribution in [1.29, 1.82) is 0 Å². The first-order chi connectivity index (χ1) is 11.6. The molecule has 0 radical (unpaired) electrons. The van der Waals surface area contributed by atoms with Gasteiger partial charge in [-0.05, 0) is 56.6 Å². The molecule has 130 valence electrons. The average molecular weight is 346 g/mol. The lowest BCUT2D eigenvalue weighted by atomic mass is 9.96. The number of piperidine rings is 1. The molecule has 0 spiro atoms. The summed E-state index contributed by atoms with van der Waals surface area (Å²) in [5, 5.41) is 3.12. The van der Waals surface area contributed by atoms with Crippen LogP contribution in [0.25, 0.3) is 0 Å². The van der Waals surface area contributed by atoms with Crippen molar-refractivity contribution in [3.05, 3.63) is 29.8 Å². The van der Waals surface area contributed by atoms with Crippen LogP contribution in [0, 0.1) is 11.8 Å². The third-order valence-electron chi connectivity index (χ3n) is 5.01. The molecule has 2 atom stereocenters. The summed E-state index contributed by atoms with van der Waals surface area (Å²) in [7, 11) is 0. The van der Waals surface area contributed by atoms with E-state index in [-0.39, 0.29) is 29.7 Å². The SMILES string of the molecule is CSc1ccc([C@H](C)NC(=O)[C@H]2CCCN(C(=O)C3CC3)C2)cc1. The summed E-state index contributed by atoms with van der Waals surface area (Å²) in [6, 6.07) is 8.29. The normalized spacial score (nSPS) is 22.1. The minimum atomic E-state index is -0.0747. The minimum Gasteiger partial charge on any atom is -0.349 e. The lowest BCUT2D eigenvalue weighted by Crippen LogP contribution is -2.46. The van der Waals surface area contributed by atoms with Gasteiger partial charge in [0.2, 0.25) is 11.8 Å². The molecule has 0 aromatic heterocycles. The highest BCUT2D eigenvalue weighted by molar-refractivity contribution is 7.98. The Morgan fingerprint density at radius 1 is 1.17 bits per heavy atom. The van der Waals surface area contributed by atoms with Gasteiger partial charge in [0.15, 0.2) is 0 Å². The number of rotatable bonds is 5. The summed E-state index contributed by atoms with van der Waals surface area (Å²) in [6.07, 6.45) is 5.90. The predicted molar refractivity (Wildman–Crippen MR) is 96.8 cm³/mol. The van der Waals surface area contributed by atoms with Crippen molar-refractivity contribution in [3.8, 4) is 0 Å². The summed E-state index contributed by atoms with van der Waals surface area (Å²) >= 11 is 1.71. The van der Waals surface area contributed by atoms with Crippen LogP contribution in [0.1, 0.15) is 44.2 Å². The van der Waals surface area contributed by atoms with Crippen LogP contribution in [0.2, 0.25) is 0 Å². The molecule has 2 aliphatic rings. The van der Waals surface area contributed by atoms with Gasteiger partial charge in [0.05, 0.1) is 12.0 Å². The predicted octanol–water partition coefficient (Wildman–Crippen LogP) is 3.23. The molecular weight excluding hydrogens is 320 g/mol. The molecule has 1 N–H and O–H groups in total. The fraction of sp³-hybridized carbons (Fsp3) is 0.579. The quantitative estimate of drug-likeness (QED) is 0.833. The molecule has 1 saturated carbocycles. The van der Waals surface area contributed by atoms with Crippen molar-refractivity contribution in [2.75, 3.05) is 19.3 Å². The fourth-order valence-electron chi connectivity index (χ4n) is 3.29.